The molecule has 3 rings (SSSR count). The maximum atomic E-state index is 12.9. The van der Waals surface area contributed by atoms with E-state index in [9.17, 15) is 4.21 Å². The largest absolute Gasteiger partial charge is 0.317 e. The van der Waals surface area contributed by atoms with Crippen LogP contribution in [0.5, 0.6) is 0 Å². The summed E-state index contributed by atoms with van der Waals surface area (Å²) in [5.41, 5.74) is 0. The topological polar surface area (TPSA) is 32.3 Å². The highest BCUT2D eigenvalue weighted by atomic mass is 32.2. The molecule has 1 saturated heterocycles. The third kappa shape index (κ3) is 6.21. The molecule has 1 unspecified atom stereocenters. The number of nitrogens with one attached hydrogen (secondary N) is 1. The Kier molecular flexibility index (Phi) is 10.6. The third-order valence-corrected chi connectivity index (χ3v) is 5.64. The van der Waals surface area contributed by atoms with Crippen molar-refractivity contribution < 1.29 is 4.21 Å². The van der Waals surface area contributed by atoms with Gasteiger partial charge in [-0.05, 0) is 48.7 Å². The summed E-state index contributed by atoms with van der Waals surface area (Å²) < 4.78 is 14.9. The van der Waals surface area contributed by atoms with E-state index < -0.39 is 11.0 Å². The van der Waals surface area contributed by atoms with Gasteiger partial charge in [0.15, 0.2) is 0 Å². The van der Waals surface area contributed by atoms with E-state index in [0.29, 0.717) is 5.92 Å². The monoisotopic (exact) mass is 362 g/mol. The standard InChI is InChI=1S/C17H22N2OS.2C2H6/c1-19(13-14-9-11-18-12-10-14)21(20)17-8-4-6-15-5-2-3-7-16(15)17;2*1-2/h2-8,14,18H,9-13H2,1H3;2*1-2H3. The lowest BCUT2D eigenvalue weighted by Crippen LogP contribution is -2.35. The molecule has 1 N–H and O–H groups in total. The highest BCUT2D eigenvalue weighted by Crippen LogP contribution is 2.24. The average molecular weight is 363 g/mol. The Morgan fingerprint density at radius 1 is 1.00 bits per heavy atom. The summed E-state index contributed by atoms with van der Waals surface area (Å²) in [5.74, 6) is 0.648. The van der Waals surface area contributed by atoms with Crippen LogP contribution in [0.25, 0.3) is 10.8 Å². The Balaban J connectivity index is 0.000000730. The van der Waals surface area contributed by atoms with Gasteiger partial charge >= 0.3 is 0 Å². The maximum absolute atomic E-state index is 12.9. The van der Waals surface area contributed by atoms with Crippen LogP contribution in [-0.2, 0) is 11.0 Å². The molecule has 0 aromatic heterocycles. The van der Waals surface area contributed by atoms with Gasteiger partial charge in [0.25, 0.3) is 0 Å². The second kappa shape index (κ2) is 12.2. The summed E-state index contributed by atoms with van der Waals surface area (Å²) >= 11 is 0. The molecule has 1 atom stereocenters. The molecule has 140 valence electrons. The van der Waals surface area contributed by atoms with Crippen molar-refractivity contribution >= 4 is 21.8 Å². The van der Waals surface area contributed by atoms with Crippen LogP contribution in [0.2, 0.25) is 0 Å². The van der Waals surface area contributed by atoms with E-state index in [1.807, 2.05) is 63.3 Å². The number of piperidine rings is 1. The van der Waals surface area contributed by atoms with Crippen molar-refractivity contribution in [3.05, 3.63) is 42.5 Å². The lowest BCUT2D eigenvalue weighted by Gasteiger charge is -2.27. The first kappa shape index (κ1) is 21.8. The van der Waals surface area contributed by atoms with Crippen molar-refractivity contribution in [1.82, 2.24) is 9.62 Å². The van der Waals surface area contributed by atoms with Gasteiger partial charge in [-0.25, -0.2) is 8.51 Å². The van der Waals surface area contributed by atoms with Crippen LogP contribution in [0.1, 0.15) is 40.5 Å². The SMILES string of the molecule is CC.CC.CN(CC1CCNCC1)S(=O)c1cccc2ccccc12. The lowest BCUT2D eigenvalue weighted by atomic mass is 9.98. The molecular weight excluding hydrogens is 328 g/mol. The van der Waals surface area contributed by atoms with E-state index >= 15 is 0 Å². The molecule has 1 aliphatic rings. The fourth-order valence-corrected chi connectivity index (χ4v) is 4.26. The number of hydrogen-bond donors (Lipinski definition) is 1. The van der Waals surface area contributed by atoms with Gasteiger partial charge in [0.05, 0.1) is 4.90 Å². The highest BCUT2D eigenvalue weighted by molar-refractivity contribution is 7.82. The predicted octanol–water partition coefficient (Wildman–Crippen LogP) is 4.85. The van der Waals surface area contributed by atoms with Crippen LogP contribution in [-0.4, -0.2) is 35.2 Å². The lowest BCUT2D eigenvalue weighted by molar-refractivity contribution is 0.318. The van der Waals surface area contributed by atoms with Gasteiger partial charge in [-0.1, -0.05) is 64.1 Å². The molecule has 3 nitrogen and oxygen atoms in total. The molecule has 25 heavy (non-hydrogen) atoms. The molecule has 2 aromatic carbocycles. The summed E-state index contributed by atoms with van der Waals surface area (Å²) in [5, 5.41) is 5.62. The predicted molar refractivity (Wildman–Crippen MR) is 111 cm³/mol. The number of fused-ring (bicyclic) bond motifs is 1. The molecule has 4 heteroatoms. The van der Waals surface area contributed by atoms with Gasteiger partial charge in [-0.2, -0.15) is 0 Å². The molecule has 0 aliphatic carbocycles. The van der Waals surface area contributed by atoms with Gasteiger partial charge < -0.3 is 5.32 Å². The molecule has 1 fully saturated rings. The Hall–Kier alpha value is -1.23. The minimum Gasteiger partial charge on any atom is -0.317 e. The van der Waals surface area contributed by atoms with Crippen LogP contribution in [0.4, 0.5) is 0 Å². The second-order valence-corrected chi connectivity index (χ2v) is 7.29. The van der Waals surface area contributed by atoms with E-state index in [4.69, 9.17) is 0 Å². The maximum Gasteiger partial charge on any atom is 0.127 e. The Morgan fingerprint density at radius 2 is 1.60 bits per heavy atom. The summed E-state index contributed by atoms with van der Waals surface area (Å²) in [6, 6.07) is 14.2. The third-order valence-electron chi connectivity index (χ3n) is 4.19. The summed E-state index contributed by atoms with van der Waals surface area (Å²) in [6.07, 6.45) is 2.36. The Labute approximate surface area is 156 Å². The Morgan fingerprint density at radius 3 is 2.28 bits per heavy atom. The minimum atomic E-state index is -1.09. The average Bonchev–Trinajstić information content (AvgIpc) is 2.71. The van der Waals surface area contributed by atoms with E-state index in [1.54, 1.807) is 0 Å². The van der Waals surface area contributed by atoms with Crippen LogP contribution in [0.3, 0.4) is 0 Å². The number of nitrogens with zero attached hydrogens (tertiary/aromatic N) is 1. The second-order valence-electron chi connectivity index (χ2n) is 5.73. The zero-order valence-corrected chi connectivity index (χ0v) is 17.2. The van der Waals surface area contributed by atoms with Crippen molar-refractivity contribution in [2.45, 2.75) is 45.4 Å². The van der Waals surface area contributed by atoms with Crippen molar-refractivity contribution in [3.63, 3.8) is 0 Å². The number of benzene rings is 2. The van der Waals surface area contributed by atoms with E-state index in [-0.39, 0.29) is 0 Å². The van der Waals surface area contributed by atoms with Crippen molar-refractivity contribution in [1.29, 1.82) is 0 Å². The first-order chi connectivity index (χ1) is 12.3. The van der Waals surface area contributed by atoms with Gasteiger partial charge in [-0.3, -0.25) is 0 Å². The first-order valence-corrected chi connectivity index (χ1v) is 10.7. The van der Waals surface area contributed by atoms with Crippen molar-refractivity contribution in [2.75, 3.05) is 26.7 Å². The van der Waals surface area contributed by atoms with E-state index in [1.165, 1.54) is 12.8 Å². The molecule has 1 aliphatic heterocycles. The summed E-state index contributed by atoms with van der Waals surface area (Å²) in [7, 11) is 0.881. The smallest absolute Gasteiger partial charge is 0.127 e. The number of rotatable bonds is 4. The van der Waals surface area contributed by atoms with Gasteiger partial charge in [0.2, 0.25) is 0 Å². The molecule has 0 spiro atoms. The normalized spacial score (nSPS) is 15.8. The number of hydrogen-bond acceptors (Lipinski definition) is 2. The molecule has 1 heterocycles. The quantitative estimate of drug-likeness (QED) is 0.843. The van der Waals surface area contributed by atoms with Gasteiger partial charge in [-0.15, -0.1) is 0 Å². The fourth-order valence-electron chi connectivity index (χ4n) is 3.01. The van der Waals surface area contributed by atoms with Crippen LogP contribution in [0, 0.1) is 5.92 Å². The molecule has 0 amide bonds. The fraction of sp³-hybridized carbons (Fsp3) is 0.524. The van der Waals surface area contributed by atoms with E-state index in [0.717, 1.165) is 35.3 Å². The molecule has 0 bridgehead atoms. The van der Waals surface area contributed by atoms with Crippen LogP contribution < -0.4 is 5.32 Å². The highest BCUT2D eigenvalue weighted by Gasteiger charge is 2.19. The zero-order valence-electron chi connectivity index (χ0n) is 16.4. The minimum absolute atomic E-state index is 0.648. The molecule has 0 radical (unpaired) electrons. The zero-order chi connectivity index (χ0) is 18.7. The first-order valence-electron chi connectivity index (χ1n) is 9.57. The van der Waals surface area contributed by atoms with Crippen molar-refractivity contribution in [3.8, 4) is 0 Å². The summed E-state index contributed by atoms with van der Waals surface area (Å²) in [6.45, 7) is 11.1. The summed E-state index contributed by atoms with van der Waals surface area (Å²) in [4.78, 5) is 0.921. The van der Waals surface area contributed by atoms with Gasteiger partial charge in [0.1, 0.15) is 11.0 Å². The van der Waals surface area contributed by atoms with Crippen molar-refractivity contribution in [2.24, 2.45) is 5.92 Å². The van der Waals surface area contributed by atoms with Crippen LogP contribution in [0.15, 0.2) is 47.4 Å². The Bertz CT molecular complexity index is 633. The molecular formula is C21H34N2OS. The van der Waals surface area contributed by atoms with Gasteiger partial charge in [0, 0.05) is 13.6 Å². The molecule has 2 aromatic rings. The van der Waals surface area contributed by atoms with E-state index in [2.05, 4.69) is 23.5 Å². The molecule has 0 saturated carbocycles. The van der Waals surface area contributed by atoms with Crippen LogP contribution >= 0.6 is 0 Å².